The number of carbonyl (C=O) groups is 2. The van der Waals surface area contributed by atoms with Crippen molar-refractivity contribution in [2.45, 2.75) is 65.9 Å². The lowest BCUT2D eigenvalue weighted by Gasteiger charge is -2.42. The molecule has 0 radical (unpaired) electrons. The highest BCUT2D eigenvalue weighted by Crippen LogP contribution is 2.45. The van der Waals surface area contributed by atoms with E-state index in [9.17, 15) is 9.59 Å². The predicted molar refractivity (Wildman–Crippen MR) is 138 cm³/mol. The third-order valence-corrected chi connectivity index (χ3v) is 7.19. The van der Waals surface area contributed by atoms with Crippen molar-refractivity contribution in [1.82, 2.24) is 9.55 Å². The zero-order chi connectivity index (χ0) is 25.4. The molecule has 6 nitrogen and oxygen atoms in total. The molecule has 4 atom stereocenters. The van der Waals surface area contributed by atoms with Gasteiger partial charge in [0.15, 0.2) is 0 Å². The first-order valence-corrected chi connectivity index (χ1v) is 12.8. The van der Waals surface area contributed by atoms with E-state index in [1.807, 2.05) is 24.7 Å². The summed E-state index contributed by atoms with van der Waals surface area (Å²) in [5, 5.41) is 0. The van der Waals surface area contributed by atoms with Crippen LogP contribution in [0.4, 0.5) is 0 Å². The Morgan fingerprint density at radius 3 is 2.71 bits per heavy atom. The number of fused-ring (bicyclic) bond motifs is 1. The highest BCUT2D eigenvalue weighted by atomic mass is 16.5. The smallest absolute Gasteiger partial charge is 0.331 e. The first kappa shape index (κ1) is 26.7. The number of carbonyl (C=O) groups excluding carboxylic acids is 2. The van der Waals surface area contributed by atoms with Crippen molar-refractivity contribution in [2.24, 2.45) is 30.7 Å². The van der Waals surface area contributed by atoms with Crippen molar-refractivity contribution < 1.29 is 19.1 Å². The molecule has 0 amide bonds. The van der Waals surface area contributed by atoms with Gasteiger partial charge in [0.25, 0.3) is 0 Å². The van der Waals surface area contributed by atoms with Gasteiger partial charge in [-0.15, -0.1) is 0 Å². The Morgan fingerprint density at radius 1 is 1.23 bits per heavy atom. The lowest BCUT2D eigenvalue weighted by atomic mass is 9.64. The van der Waals surface area contributed by atoms with Crippen molar-refractivity contribution in [3.05, 3.63) is 59.7 Å². The average molecular weight is 481 g/mol. The van der Waals surface area contributed by atoms with Gasteiger partial charge in [-0.25, -0.2) is 14.6 Å². The number of hydrogen-bond acceptors (Lipinski definition) is 5. The third kappa shape index (κ3) is 7.81. The largest absolute Gasteiger partial charge is 0.463 e. The fourth-order valence-corrected chi connectivity index (χ4v) is 5.39. The van der Waals surface area contributed by atoms with Gasteiger partial charge in [0, 0.05) is 31.8 Å². The van der Waals surface area contributed by atoms with Crippen LogP contribution in [0, 0.1) is 23.7 Å². The molecular formula is C29H40N2O4. The number of hydrogen-bond donors (Lipinski definition) is 0. The van der Waals surface area contributed by atoms with E-state index in [1.165, 1.54) is 11.6 Å². The number of imidazole rings is 1. The topological polar surface area (TPSA) is 70.4 Å². The maximum Gasteiger partial charge on any atom is 0.331 e. The van der Waals surface area contributed by atoms with Crippen LogP contribution in [0.15, 0.2) is 54.1 Å². The SMILES string of the molecule is CCOC(=O)/C=C1\C/C=C\C[C@@H](OC(=O)/C=C/c2cn(C)cn2)C[C@H]2C(C)=CC[C@H](C(C)C)[C@H]2C1. The minimum absolute atomic E-state index is 0.204. The van der Waals surface area contributed by atoms with Gasteiger partial charge in [-0.2, -0.15) is 0 Å². The Morgan fingerprint density at radius 2 is 2.03 bits per heavy atom. The second-order valence-corrected chi connectivity index (χ2v) is 10.1. The van der Waals surface area contributed by atoms with Crippen LogP contribution < -0.4 is 0 Å². The summed E-state index contributed by atoms with van der Waals surface area (Å²) < 4.78 is 13.0. The molecule has 1 heterocycles. The number of rotatable bonds is 6. The first-order chi connectivity index (χ1) is 16.8. The van der Waals surface area contributed by atoms with Crippen LogP contribution in [0.3, 0.4) is 0 Å². The van der Waals surface area contributed by atoms with E-state index in [0.717, 1.165) is 30.5 Å². The molecule has 0 saturated carbocycles. The predicted octanol–water partition coefficient (Wildman–Crippen LogP) is 5.82. The molecule has 1 aromatic heterocycles. The molecule has 0 saturated heterocycles. The van der Waals surface area contributed by atoms with Crippen molar-refractivity contribution in [3.63, 3.8) is 0 Å². The van der Waals surface area contributed by atoms with Crippen LogP contribution >= 0.6 is 0 Å². The van der Waals surface area contributed by atoms with Gasteiger partial charge in [-0.05, 0) is 69.3 Å². The molecule has 190 valence electrons. The van der Waals surface area contributed by atoms with E-state index in [1.54, 1.807) is 18.5 Å². The van der Waals surface area contributed by atoms with E-state index in [4.69, 9.17) is 9.47 Å². The minimum atomic E-state index is -0.344. The highest BCUT2D eigenvalue weighted by molar-refractivity contribution is 5.86. The van der Waals surface area contributed by atoms with Gasteiger partial charge >= 0.3 is 11.9 Å². The Labute approximate surface area is 209 Å². The second kappa shape index (κ2) is 12.7. The van der Waals surface area contributed by atoms with Crippen LogP contribution in [-0.2, 0) is 26.1 Å². The summed E-state index contributed by atoms with van der Waals surface area (Å²) in [5.74, 6) is 1.11. The van der Waals surface area contributed by atoms with Crippen LogP contribution in [0.25, 0.3) is 6.08 Å². The summed E-state index contributed by atoms with van der Waals surface area (Å²) in [5.41, 5.74) is 3.20. The highest BCUT2D eigenvalue weighted by Gasteiger charge is 2.37. The zero-order valence-corrected chi connectivity index (χ0v) is 21.8. The van der Waals surface area contributed by atoms with Crippen molar-refractivity contribution in [2.75, 3.05) is 6.61 Å². The number of ether oxygens (including phenoxy) is 2. The van der Waals surface area contributed by atoms with Crippen molar-refractivity contribution in [3.8, 4) is 0 Å². The van der Waals surface area contributed by atoms with E-state index in [2.05, 4.69) is 44.0 Å². The maximum absolute atomic E-state index is 12.6. The Kier molecular flexibility index (Phi) is 9.70. The van der Waals surface area contributed by atoms with Gasteiger partial charge < -0.3 is 14.0 Å². The molecular weight excluding hydrogens is 440 g/mol. The van der Waals surface area contributed by atoms with Gasteiger partial charge in [0.2, 0.25) is 0 Å². The molecule has 0 spiro atoms. The monoisotopic (exact) mass is 480 g/mol. The molecule has 0 N–H and O–H groups in total. The molecule has 6 heteroatoms. The Hall–Kier alpha value is -2.89. The quantitative estimate of drug-likeness (QED) is 0.291. The fourth-order valence-electron chi connectivity index (χ4n) is 5.39. The zero-order valence-electron chi connectivity index (χ0n) is 21.8. The molecule has 2 aliphatic carbocycles. The standard InChI is InChI=1S/C29H40N2O4/c1-6-34-29(33)16-22-9-7-8-10-24(35-28(32)14-12-23-18-31(5)19-30-23)17-26-21(4)11-13-25(20(2)3)27(26)15-22/h7-8,11-12,14,16,18-20,24-27H,6,9-10,13,15,17H2,1-5H3/b8-7-,14-12+,22-16+/t24-,25-,26+,27-/m1/s1. The molecule has 1 aromatic rings. The lowest BCUT2D eigenvalue weighted by molar-refractivity contribution is -0.144. The number of aryl methyl sites for hydroxylation is 1. The Balaban J connectivity index is 1.83. The summed E-state index contributed by atoms with van der Waals surface area (Å²) in [6, 6.07) is 0. The molecule has 0 fully saturated rings. The van der Waals surface area contributed by atoms with Crippen LogP contribution in [0.5, 0.6) is 0 Å². The van der Waals surface area contributed by atoms with E-state index >= 15 is 0 Å². The summed E-state index contributed by atoms with van der Waals surface area (Å²) in [6.45, 7) is 8.97. The lowest BCUT2D eigenvalue weighted by Crippen LogP contribution is -2.35. The number of aromatic nitrogens is 2. The average Bonchev–Trinajstić information content (AvgIpc) is 3.22. The molecule has 2 aliphatic rings. The van der Waals surface area contributed by atoms with Gasteiger partial charge in [-0.3, -0.25) is 0 Å². The molecule has 0 aliphatic heterocycles. The van der Waals surface area contributed by atoms with Crippen LogP contribution in [0.2, 0.25) is 0 Å². The number of allylic oxidation sites excluding steroid dienone is 4. The van der Waals surface area contributed by atoms with Crippen molar-refractivity contribution in [1.29, 1.82) is 0 Å². The molecule has 35 heavy (non-hydrogen) atoms. The maximum atomic E-state index is 12.6. The second-order valence-electron chi connectivity index (χ2n) is 10.1. The van der Waals surface area contributed by atoms with Gasteiger partial charge in [0.1, 0.15) is 6.10 Å². The molecule has 0 bridgehead atoms. The van der Waals surface area contributed by atoms with E-state index in [0.29, 0.717) is 43.1 Å². The third-order valence-electron chi connectivity index (χ3n) is 7.19. The summed E-state index contributed by atoms with van der Waals surface area (Å²) in [4.78, 5) is 29.1. The normalized spacial score (nSPS) is 27.4. The van der Waals surface area contributed by atoms with Crippen molar-refractivity contribution >= 4 is 18.0 Å². The summed E-state index contributed by atoms with van der Waals surface area (Å²) in [7, 11) is 1.89. The molecule has 3 rings (SSSR count). The minimum Gasteiger partial charge on any atom is -0.463 e. The number of esters is 2. The summed E-state index contributed by atoms with van der Waals surface area (Å²) in [6.07, 6.45) is 18.7. The van der Waals surface area contributed by atoms with E-state index in [-0.39, 0.29) is 18.0 Å². The van der Waals surface area contributed by atoms with Crippen LogP contribution in [-0.4, -0.2) is 34.2 Å². The summed E-state index contributed by atoms with van der Waals surface area (Å²) >= 11 is 0. The van der Waals surface area contributed by atoms with Gasteiger partial charge in [-0.1, -0.05) is 43.2 Å². The first-order valence-electron chi connectivity index (χ1n) is 12.8. The van der Waals surface area contributed by atoms with Gasteiger partial charge in [0.05, 0.1) is 18.6 Å². The Bertz CT molecular complexity index is 998. The molecule has 0 unspecified atom stereocenters. The van der Waals surface area contributed by atoms with Crippen LogP contribution in [0.1, 0.15) is 65.5 Å². The van der Waals surface area contributed by atoms with E-state index < -0.39 is 0 Å². The molecule has 0 aromatic carbocycles. The number of nitrogens with zero attached hydrogens (tertiary/aromatic N) is 2. The fraction of sp³-hybridized carbons (Fsp3) is 0.552.